The minimum atomic E-state index is 0.0335. The number of aromatic nitrogens is 1. The van der Waals surface area contributed by atoms with Gasteiger partial charge in [-0.3, -0.25) is 4.79 Å². The van der Waals surface area contributed by atoms with Crippen molar-refractivity contribution >= 4 is 45.2 Å². The summed E-state index contributed by atoms with van der Waals surface area (Å²) in [5.74, 6) is 1.16. The average Bonchev–Trinajstić information content (AvgIpc) is 2.55. The first kappa shape index (κ1) is 18.1. The average molecular weight is 416 g/mol. The van der Waals surface area contributed by atoms with Crippen LogP contribution in [0.2, 0.25) is 5.02 Å². The lowest BCUT2D eigenvalue weighted by molar-refractivity contribution is -0.127. The largest absolute Gasteiger partial charge is 0.492 e. The number of ether oxygens (including phenoxy) is 1. The van der Waals surface area contributed by atoms with Crippen LogP contribution in [-0.2, 0) is 4.79 Å². The Balaban J connectivity index is 1.70. The minimum Gasteiger partial charge on any atom is -0.492 e. The molecule has 0 aliphatic carbocycles. The molecule has 0 aliphatic heterocycles. The molecule has 4 nitrogen and oxygen atoms in total. The van der Waals surface area contributed by atoms with E-state index in [0.29, 0.717) is 23.9 Å². The molecule has 0 radical (unpaired) electrons. The normalized spacial score (nSPS) is 10.4. The first-order valence-corrected chi connectivity index (χ1v) is 9.07. The van der Waals surface area contributed by atoms with E-state index >= 15 is 0 Å². The van der Waals surface area contributed by atoms with Crippen molar-refractivity contribution in [3.05, 3.63) is 52.1 Å². The summed E-state index contributed by atoms with van der Waals surface area (Å²) in [6.07, 6.45) is 1.57. The Morgan fingerprint density at radius 1 is 1.30 bits per heavy atom. The van der Waals surface area contributed by atoms with Crippen molar-refractivity contribution in [2.24, 2.45) is 0 Å². The topological polar surface area (TPSA) is 42.4 Å². The van der Waals surface area contributed by atoms with E-state index in [0.717, 1.165) is 15.2 Å². The fraction of sp³-hybridized carbons (Fsp3) is 0.250. The molecule has 1 amide bonds. The standard InChI is InChI=1S/C16H16BrClN2O2S/c1-20(8-9-22-14-5-2-12(17)3-6-14)16(21)11-23-15-7-4-13(18)10-19-15/h2-7,10H,8-9,11H2,1H3. The van der Waals surface area contributed by atoms with Gasteiger partial charge in [-0.2, -0.15) is 0 Å². The molecule has 7 heteroatoms. The lowest BCUT2D eigenvalue weighted by Crippen LogP contribution is -2.32. The number of likely N-dealkylation sites (N-methyl/N-ethyl adjacent to an activating group) is 1. The lowest BCUT2D eigenvalue weighted by atomic mass is 10.3. The minimum absolute atomic E-state index is 0.0335. The molecule has 0 saturated heterocycles. The number of hydrogen-bond acceptors (Lipinski definition) is 4. The zero-order valence-corrected chi connectivity index (χ0v) is 15.7. The van der Waals surface area contributed by atoms with Gasteiger partial charge in [0.25, 0.3) is 0 Å². The lowest BCUT2D eigenvalue weighted by Gasteiger charge is -2.17. The smallest absolute Gasteiger partial charge is 0.232 e. The molecule has 122 valence electrons. The van der Waals surface area contributed by atoms with E-state index in [2.05, 4.69) is 20.9 Å². The Hall–Kier alpha value is -1.24. The second-order valence-electron chi connectivity index (χ2n) is 4.72. The molecule has 0 aliphatic rings. The molecule has 0 atom stereocenters. The van der Waals surface area contributed by atoms with Crippen LogP contribution in [0, 0.1) is 0 Å². The number of carbonyl (C=O) groups excluding carboxylic acids is 1. The molecule has 0 saturated carbocycles. The van der Waals surface area contributed by atoms with Gasteiger partial charge in [-0.05, 0) is 36.4 Å². The third kappa shape index (κ3) is 6.41. The van der Waals surface area contributed by atoms with Gasteiger partial charge in [0, 0.05) is 17.7 Å². The van der Waals surface area contributed by atoms with E-state index in [1.165, 1.54) is 11.8 Å². The van der Waals surface area contributed by atoms with Crippen LogP contribution in [0.3, 0.4) is 0 Å². The highest BCUT2D eigenvalue weighted by Gasteiger charge is 2.10. The van der Waals surface area contributed by atoms with Crippen LogP contribution in [0.25, 0.3) is 0 Å². The summed E-state index contributed by atoms with van der Waals surface area (Å²) in [4.78, 5) is 17.9. The van der Waals surface area contributed by atoms with E-state index in [-0.39, 0.29) is 5.91 Å². The van der Waals surface area contributed by atoms with Gasteiger partial charge < -0.3 is 9.64 Å². The van der Waals surface area contributed by atoms with Gasteiger partial charge in [0.15, 0.2) is 0 Å². The summed E-state index contributed by atoms with van der Waals surface area (Å²) in [5, 5.41) is 1.37. The zero-order chi connectivity index (χ0) is 16.7. The Morgan fingerprint density at radius 3 is 2.70 bits per heavy atom. The van der Waals surface area contributed by atoms with Crippen LogP contribution < -0.4 is 4.74 Å². The summed E-state index contributed by atoms with van der Waals surface area (Å²) in [6, 6.07) is 11.2. The predicted molar refractivity (Wildman–Crippen MR) is 97.2 cm³/mol. The number of amides is 1. The third-order valence-corrected chi connectivity index (χ3v) is 4.66. The summed E-state index contributed by atoms with van der Waals surface area (Å²) in [5.41, 5.74) is 0. The highest BCUT2D eigenvalue weighted by Crippen LogP contribution is 2.18. The number of rotatable bonds is 7. The van der Waals surface area contributed by atoms with Gasteiger partial charge in [-0.25, -0.2) is 4.98 Å². The van der Waals surface area contributed by atoms with Gasteiger partial charge >= 0.3 is 0 Å². The van der Waals surface area contributed by atoms with Gasteiger partial charge in [-0.15, -0.1) is 0 Å². The van der Waals surface area contributed by atoms with E-state index in [1.54, 1.807) is 30.3 Å². The first-order valence-electron chi connectivity index (χ1n) is 6.91. The van der Waals surface area contributed by atoms with Crippen LogP contribution in [0.5, 0.6) is 5.75 Å². The molecule has 0 fully saturated rings. The predicted octanol–water partition coefficient (Wildman–Crippen LogP) is 4.13. The zero-order valence-electron chi connectivity index (χ0n) is 12.5. The van der Waals surface area contributed by atoms with Crippen LogP contribution in [0.15, 0.2) is 52.1 Å². The van der Waals surface area contributed by atoms with Gasteiger partial charge in [0.2, 0.25) is 5.91 Å². The number of nitrogens with zero attached hydrogens (tertiary/aromatic N) is 2. The molecule has 2 rings (SSSR count). The Morgan fingerprint density at radius 2 is 2.04 bits per heavy atom. The van der Waals surface area contributed by atoms with Gasteiger partial charge in [0.1, 0.15) is 12.4 Å². The molecular formula is C16H16BrClN2O2S. The summed E-state index contributed by atoms with van der Waals surface area (Å²) >= 11 is 10.5. The molecule has 0 bridgehead atoms. The number of pyridine rings is 1. The monoisotopic (exact) mass is 414 g/mol. The van der Waals surface area contributed by atoms with Crippen LogP contribution in [0.4, 0.5) is 0 Å². The van der Waals surface area contributed by atoms with Crippen molar-refractivity contribution in [3.8, 4) is 5.75 Å². The Labute approximate surface area is 153 Å². The van der Waals surface area contributed by atoms with Crippen LogP contribution in [-0.4, -0.2) is 41.7 Å². The number of halogens is 2. The van der Waals surface area contributed by atoms with Crippen molar-refractivity contribution in [1.82, 2.24) is 9.88 Å². The molecule has 0 spiro atoms. The third-order valence-electron chi connectivity index (χ3n) is 2.98. The summed E-state index contributed by atoms with van der Waals surface area (Å²) in [6.45, 7) is 0.983. The van der Waals surface area contributed by atoms with E-state index in [1.807, 2.05) is 24.3 Å². The number of carbonyl (C=O) groups is 1. The molecular weight excluding hydrogens is 400 g/mol. The fourth-order valence-corrected chi connectivity index (χ4v) is 2.81. The number of thioether (sulfide) groups is 1. The maximum atomic E-state index is 12.1. The second-order valence-corrected chi connectivity index (χ2v) is 7.07. The van der Waals surface area contributed by atoms with E-state index in [9.17, 15) is 4.79 Å². The number of benzene rings is 1. The molecule has 0 unspecified atom stereocenters. The Kier molecular flexibility index (Phi) is 7.20. The van der Waals surface area contributed by atoms with E-state index < -0.39 is 0 Å². The quantitative estimate of drug-likeness (QED) is 0.638. The van der Waals surface area contributed by atoms with Gasteiger partial charge in [-0.1, -0.05) is 39.3 Å². The Bertz CT molecular complexity index is 638. The number of hydrogen-bond donors (Lipinski definition) is 0. The molecule has 23 heavy (non-hydrogen) atoms. The maximum Gasteiger partial charge on any atom is 0.232 e. The maximum absolute atomic E-state index is 12.1. The fourth-order valence-electron chi connectivity index (χ4n) is 1.65. The summed E-state index contributed by atoms with van der Waals surface area (Å²) in [7, 11) is 1.77. The van der Waals surface area contributed by atoms with Gasteiger partial charge in [0.05, 0.1) is 22.3 Å². The van der Waals surface area contributed by atoms with Crippen molar-refractivity contribution < 1.29 is 9.53 Å². The van der Waals surface area contributed by atoms with E-state index in [4.69, 9.17) is 16.3 Å². The van der Waals surface area contributed by atoms with Crippen LogP contribution >= 0.6 is 39.3 Å². The van der Waals surface area contributed by atoms with Crippen molar-refractivity contribution in [2.45, 2.75) is 5.03 Å². The highest BCUT2D eigenvalue weighted by molar-refractivity contribution is 9.10. The van der Waals surface area contributed by atoms with Crippen LogP contribution in [0.1, 0.15) is 0 Å². The second kappa shape index (κ2) is 9.15. The SMILES string of the molecule is CN(CCOc1ccc(Br)cc1)C(=O)CSc1ccc(Cl)cn1. The van der Waals surface area contributed by atoms with Crippen molar-refractivity contribution in [3.63, 3.8) is 0 Å². The molecule has 1 heterocycles. The first-order chi connectivity index (χ1) is 11.0. The highest BCUT2D eigenvalue weighted by atomic mass is 79.9. The molecule has 1 aromatic heterocycles. The van der Waals surface area contributed by atoms with Crippen molar-refractivity contribution in [1.29, 1.82) is 0 Å². The molecule has 1 aromatic carbocycles. The molecule has 0 N–H and O–H groups in total. The molecule has 2 aromatic rings. The van der Waals surface area contributed by atoms with Crippen molar-refractivity contribution in [2.75, 3.05) is 26.0 Å². The summed E-state index contributed by atoms with van der Waals surface area (Å²) < 4.78 is 6.61.